The van der Waals surface area contributed by atoms with Gasteiger partial charge in [-0.15, -0.1) is 0 Å². The number of amides is 1. The summed E-state index contributed by atoms with van der Waals surface area (Å²) >= 11 is 0. The summed E-state index contributed by atoms with van der Waals surface area (Å²) in [6.45, 7) is 3.32. The number of carbonyl (C=O) groups excluding carboxylic acids is 1. The van der Waals surface area contributed by atoms with Gasteiger partial charge in [-0.1, -0.05) is 0 Å². The highest BCUT2D eigenvalue weighted by Gasteiger charge is 2.22. The Hall–Kier alpha value is -1.98. The van der Waals surface area contributed by atoms with E-state index in [0.29, 0.717) is 18.8 Å². The second-order valence-corrected chi connectivity index (χ2v) is 5.85. The van der Waals surface area contributed by atoms with Crippen molar-refractivity contribution >= 4 is 11.9 Å². The number of aliphatic carboxylic acids is 1. The summed E-state index contributed by atoms with van der Waals surface area (Å²) in [6, 6.07) is 1.85. The molecule has 1 saturated heterocycles. The number of hydrogen-bond acceptors (Lipinski definition) is 4. The molecule has 120 valence electrons. The number of carboxylic acids is 1. The molecule has 0 radical (unpaired) electrons. The fraction of sp³-hybridized carbons (Fsp3) is 0.625. The molecule has 1 amide bonds. The number of rotatable bonds is 6. The van der Waals surface area contributed by atoms with E-state index in [0.717, 1.165) is 43.9 Å². The smallest absolute Gasteiger partial charge is 0.303 e. The van der Waals surface area contributed by atoms with Crippen molar-refractivity contribution < 1.29 is 14.7 Å². The Morgan fingerprint density at radius 2 is 2.05 bits per heavy atom. The summed E-state index contributed by atoms with van der Waals surface area (Å²) in [6.07, 6.45) is 5.59. The molecule has 2 rings (SSSR count). The molecule has 0 spiro atoms. The van der Waals surface area contributed by atoms with Crippen molar-refractivity contribution in [1.29, 1.82) is 0 Å². The van der Waals surface area contributed by atoms with E-state index >= 15 is 0 Å². The Bertz CT molecular complexity index is 525. The van der Waals surface area contributed by atoms with Crippen LogP contribution in [0.25, 0.3) is 0 Å². The highest BCUT2D eigenvalue weighted by molar-refractivity contribution is 5.76. The molecular weight excluding hydrogens is 282 g/mol. The van der Waals surface area contributed by atoms with Crippen LogP contribution in [0.1, 0.15) is 43.6 Å². The predicted octanol–water partition coefficient (Wildman–Crippen LogP) is 1.82. The average molecular weight is 305 g/mol. The van der Waals surface area contributed by atoms with Crippen LogP contribution < -0.4 is 0 Å². The van der Waals surface area contributed by atoms with E-state index in [1.165, 1.54) is 0 Å². The largest absolute Gasteiger partial charge is 0.481 e. The fourth-order valence-electron chi connectivity index (χ4n) is 2.84. The zero-order valence-corrected chi connectivity index (χ0v) is 13.0. The molecule has 2 heterocycles. The molecule has 22 heavy (non-hydrogen) atoms. The first-order valence-electron chi connectivity index (χ1n) is 7.82. The van der Waals surface area contributed by atoms with Crippen molar-refractivity contribution in [3.05, 3.63) is 23.8 Å². The number of hydrogen-bond donors (Lipinski definition) is 1. The predicted molar refractivity (Wildman–Crippen MR) is 81.3 cm³/mol. The van der Waals surface area contributed by atoms with Crippen molar-refractivity contribution in [1.82, 2.24) is 14.9 Å². The van der Waals surface area contributed by atoms with Gasteiger partial charge in [0.15, 0.2) is 0 Å². The fourth-order valence-corrected chi connectivity index (χ4v) is 2.84. The Morgan fingerprint density at radius 3 is 2.68 bits per heavy atom. The van der Waals surface area contributed by atoms with Gasteiger partial charge in [-0.2, -0.15) is 0 Å². The number of carboxylic acid groups (broad SMARTS) is 1. The Morgan fingerprint density at radius 1 is 1.32 bits per heavy atom. The monoisotopic (exact) mass is 305 g/mol. The van der Waals surface area contributed by atoms with Crippen LogP contribution in [0.4, 0.5) is 0 Å². The number of piperidine rings is 1. The van der Waals surface area contributed by atoms with Crippen LogP contribution in [-0.2, 0) is 16.0 Å². The van der Waals surface area contributed by atoms with Crippen LogP contribution in [0.2, 0.25) is 0 Å². The van der Waals surface area contributed by atoms with Crippen molar-refractivity contribution in [3.63, 3.8) is 0 Å². The summed E-state index contributed by atoms with van der Waals surface area (Å²) in [5.41, 5.74) is 0.900. The van der Waals surface area contributed by atoms with Crippen LogP contribution in [0.5, 0.6) is 0 Å². The van der Waals surface area contributed by atoms with Crippen LogP contribution >= 0.6 is 0 Å². The molecule has 0 unspecified atom stereocenters. The molecule has 0 aliphatic carbocycles. The lowest BCUT2D eigenvalue weighted by Crippen LogP contribution is -2.38. The number of aryl methyl sites for hydroxylation is 2. The van der Waals surface area contributed by atoms with E-state index in [9.17, 15) is 9.59 Å². The molecule has 1 fully saturated rings. The first kappa shape index (κ1) is 16.4. The van der Waals surface area contributed by atoms with Gasteiger partial charge >= 0.3 is 5.97 Å². The summed E-state index contributed by atoms with van der Waals surface area (Å²) in [5, 5.41) is 8.71. The molecule has 1 aromatic rings. The van der Waals surface area contributed by atoms with E-state index in [1.54, 1.807) is 6.20 Å². The molecule has 0 bridgehead atoms. The van der Waals surface area contributed by atoms with Gasteiger partial charge in [0.2, 0.25) is 5.91 Å². The minimum atomic E-state index is -0.737. The minimum absolute atomic E-state index is 0.160. The number of aromatic nitrogens is 2. The summed E-state index contributed by atoms with van der Waals surface area (Å²) < 4.78 is 0. The third kappa shape index (κ3) is 5.09. The maximum absolute atomic E-state index is 12.2. The molecule has 1 aliphatic rings. The molecule has 6 heteroatoms. The van der Waals surface area contributed by atoms with E-state index in [2.05, 4.69) is 9.97 Å². The normalized spacial score (nSPS) is 15.8. The van der Waals surface area contributed by atoms with Crippen molar-refractivity contribution in [2.45, 2.75) is 45.4 Å². The highest BCUT2D eigenvalue weighted by atomic mass is 16.4. The van der Waals surface area contributed by atoms with Crippen LogP contribution in [0, 0.1) is 12.8 Å². The molecule has 0 saturated carbocycles. The first-order chi connectivity index (χ1) is 10.5. The lowest BCUT2D eigenvalue weighted by Gasteiger charge is -2.32. The Labute approximate surface area is 130 Å². The lowest BCUT2D eigenvalue weighted by atomic mass is 9.92. The maximum atomic E-state index is 12.2. The number of likely N-dealkylation sites (tertiary alicyclic amines) is 1. The topological polar surface area (TPSA) is 83.4 Å². The zero-order valence-electron chi connectivity index (χ0n) is 13.0. The highest BCUT2D eigenvalue weighted by Crippen LogP contribution is 2.22. The average Bonchev–Trinajstić information content (AvgIpc) is 2.51. The Balaban J connectivity index is 1.72. The second-order valence-electron chi connectivity index (χ2n) is 5.85. The molecule has 0 atom stereocenters. The van der Waals surface area contributed by atoms with Gasteiger partial charge in [-0.25, -0.2) is 9.97 Å². The van der Waals surface area contributed by atoms with Crippen LogP contribution in [0.3, 0.4) is 0 Å². The molecule has 1 N–H and O–H groups in total. The molecule has 0 aromatic carbocycles. The zero-order chi connectivity index (χ0) is 15.9. The number of nitrogens with zero attached hydrogens (tertiary/aromatic N) is 3. The summed E-state index contributed by atoms with van der Waals surface area (Å²) in [5.74, 6) is 0.584. The molecule has 1 aromatic heterocycles. The van der Waals surface area contributed by atoms with Gasteiger partial charge in [-0.3, -0.25) is 9.59 Å². The van der Waals surface area contributed by atoms with Crippen LogP contribution in [0.15, 0.2) is 12.3 Å². The van der Waals surface area contributed by atoms with Crippen LogP contribution in [-0.4, -0.2) is 44.9 Å². The van der Waals surface area contributed by atoms with Gasteiger partial charge in [0, 0.05) is 37.8 Å². The van der Waals surface area contributed by atoms with E-state index in [-0.39, 0.29) is 12.3 Å². The first-order valence-corrected chi connectivity index (χ1v) is 7.82. The minimum Gasteiger partial charge on any atom is -0.481 e. The van der Waals surface area contributed by atoms with E-state index in [1.807, 2.05) is 17.9 Å². The van der Waals surface area contributed by atoms with Gasteiger partial charge < -0.3 is 10.0 Å². The molecule has 6 nitrogen and oxygen atoms in total. The second kappa shape index (κ2) is 7.87. The van der Waals surface area contributed by atoms with Crippen molar-refractivity contribution in [2.75, 3.05) is 13.1 Å². The third-order valence-electron chi connectivity index (χ3n) is 4.16. The summed E-state index contributed by atoms with van der Waals surface area (Å²) in [4.78, 5) is 33.0. The lowest BCUT2D eigenvalue weighted by molar-refractivity contribution is -0.138. The Kier molecular flexibility index (Phi) is 5.86. The molecule has 1 aliphatic heterocycles. The van der Waals surface area contributed by atoms with E-state index in [4.69, 9.17) is 5.11 Å². The van der Waals surface area contributed by atoms with Crippen molar-refractivity contribution in [2.24, 2.45) is 5.92 Å². The third-order valence-corrected chi connectivity index (χ3v) is 4.16. The van der Waals surface area contributed by atoms with Crippen molar-refractivity contribution in [3.8, 4) is 0 Å². The van der Waals surface area contributed by atoms with Gasteiger partial charge in [-0.05, 0) is 44.6 Å². The summed E-state index contributed by atoms with van der Waals surface area (Å²) in [7, 11) is 0. The standard InChI is InChI=1S/C16H23N3O3/c1-12-17-9-6-14(18-12)3-4-15(20)19-10-7-13(8-11-19)2-5-16(21)22/h6,9,13H,2-5,7-8,10-11H2,1H3,(H,21,22). The SMILES string of the molecule is Cc1nccc(CCC(=O)N2CCC(CCC(=O)O)CC2)n1. The quantitative estimate of drug-likeness (QED) is 0.866. The van der Waals surface area contributed by atoms with Gasteiger partial charge in [0.1, 0.15) is 5.82 Å². The maximum Gasteiger partial charge on any atom is 0.303 e. The molecular formula is C16H23N3O3. The van der Waals surface area contributed by atoms with E-state index < -0.39 is 5.97 Å². The number of carbonyl (C=O) groups is 2. The van der Waals surface area contributed by atoms with Gasteiger partial charge in [0.25, 0.3) is 0 Å². The van der Waals surface area contributed by atoms with Gasteiger partial charge in [0.05, 0.1) is 0 Å².